The van der Waals surface area contributed by atoms with Crippen LogP contribution in [0.25, 0.3) is 0 Å². The fraction of sp³-hybridized carbons (Fsp3) is 0.500. The van der Waals surface area contributed by atoms with Crippen molar-refractivity contribution in [1.82, 2.24) is 4.57 Å². The normalized spacial score (nSPS) is 10.5. The summed E-state index contributed by atoms with van der Waals surface area (Å²) in [5.74, 6) is 0.201. The monoisotopic (exact) mass is 220 g/mol. The first kappa shape index (κ1) is 12.3. The van der Waals surface area contributed by atoms with E-state index in [0.717, 1.165) is 0 Å². The van der Waals surface area contributed by atoms with E-state index in [1.165, 1.54) is 4.57 Å². The molecule has 0 aromatic carbocycles. The van der Waals surface area contributed by atoms with Crippen molar-refractivity contribution in [3.63, 3.8) is 0 Å². The van der Waals surface area contributed by atoms with Gasteiger partial charge in [-0.1, -0.05) is 13.8 Å². The minimum absolute atomic E-state index is 0.0322. The molecule has 86 valence electrons. The van der Waals surface area contributed by atoms with Gasteiger partial charge in [0.05, 0.1) is 0 Å². The first-order valence-electron chi connectivity index (χ1n) is 5.23. The number of aromatic nitrogens is 1. The van der Waals surface area contributed by atoms with Crippen LogP contribution in [-0.2, 0) is 6.54 Å². The second kappa shape index (κ2) is 4.40. The van der Waals surface area contributed by atoms with Crippen LogP contribution >= 0.6 is 0 Å². The van der Waals surface area contributed by atoms with Crippen molar-refractivity contribution < 1.29 is 5.11 Å². The number of aromatic hydroxyl groups is 1. The second-order valence-electron chi connectivity index (χ2n) is 4.37. The van der Waals surface area contributed by atoms with Crippen molar-refractivity contribution in [3.8, 4) is 11.9 Å². The highest BCUT2D eigenvalue weighted by Gasteiger charge is 2.16. The van der Waals surface area contributed by atoms with Crippen molar-refractivity contribution in [2.75, 3.05) is 0 Å². The van der Waals surface area contributed by atoms with Crippen LogP contribution in [0.4, 0.5) is 0 Å². The Morgan fingerprint density at radius 2 is 1.94 bits per heavy atom. The maximum absolute atomic E-state index is 11.9. The molecule has 0 spiro atoms. The molecule has 1 rings (SSSR count). The second-order valence-corrected chi connectivity index (χ2v) is 4.37. The lowest BCUT2D eigenvalue weighted by Gasteiger charge is -2.15. The van der Waals surface area contributed by atoms with E-state index in [-0.39, 0.29) is 17.4 Å². The third-order valence-electron chi connectivity index (χ3n) is 2.65. The summed E-state index contributed by atoms with van der Waals surface area (Å²) in [6, 6.07) is 1.90. The Labute approximate surface area is 94.8 Å². The topological polar surface area (TPSA) is 66.0 Å². The van der Waals surface area contributed by atoms with E-state index < -0.39 is 5.56 Å². The van der Waals surface area contributed by atoms with Crippen molar-refractivity contribution in [3.05, 3.63) is 27.0 Å². The summed E-state index contributed by atoms with van der Waals surface area (Å²) >= 11 is 0. The minimum Gasteiger partial charge on any atom is -0.494 e. The molecule has 0 radical (unpaired) electrons. The van der Waals surface area contributed by atoms with Crippen LogP contribution in [0.5, 0.6) is 5.88 Å². The van der Waals surface area contributed by atoms with Gasteiger partial charge < -0.3 is 5.11 Å². The molecule has 0 saturated carbocycles. The molecule has 4 nitrogen and oxygen atoms in total. The molecule has 0 saturated heterocycles. The number of hydrogen-bond acceptors (Lipinski definition) is 3. The van der Waals surface area contributed by atoms with Crippen LogP contribution in [-0.4, -0.2) is 9.67 Å². The molecule has 0 amide bonds. The SMILES string of the molecule is Cc1c(C)c(O)n(CC(C)C)c(=O)c1C#N. The van der Waals surface area contributed by atoms with E-state index in [0.29, 0.717) is 17.7 Å². The third-order valence-corrected chi connectivity index (χ3v) is 2.65. The van der Waals surface area contributed by atoms with Gasteiger partial charge in [0.2, 0.25) is 0 Å². The molecule has 0 atom stereocenters. The van der Waals surface area contributed by atoms with E-state index in [1.807, 2.05) is 19.9 Å². The van der Waals surface area contributed by atoms with Crippen LogP contribution < -0.4 is 5.56 Å². The van der Waals surface area contributed by atoms with Crippen LogP contribution in [0.1, 0.15) is 30.5 Å². The summed E-state index contributed by atoms with van der Waals surface area (Å²) < 4.78 is 1.27. The predicted octanol–water partition coefficient (Wildman–Crippen LogP) is 1.70. The highest BCUT2D eigenvalue weighted by molar-refractivity contribution is 5.44. The molecule has 1 aromatic heterocycles. The Morgan fingerprint density at radius 1 is 1.38 bits per heavy atom. The smallest absolute Gasteiger partial charge is 0.271 e. The number of nitriles is 1. The zero-order valence-corrected chi connectivity index (χ0v) is 10.0. The maximum atomic E-state index is 11.9. The lowest BCUT2D eigenvalue weighted by atomic mass is 10.1. The van der Waals surface area contributed by atoms with Gasteiger partial charge >= 0.3 is 0 Å². The Morgan fingerprint density at radius 3 is 2.38 bits per heavy atom. The van der Waals surface area contributed by atoms with Gasteiger partial charge in [0.15, 0.2) is 5.88 Å². The Hall–Kier alpha value is -1.76. The fourth-order valence-electron chi connectivity index (χ4n) is 1.62. The van der Waals surface area contributed by atoms with Crippen molar-refractivity contribution in [2.45, 2.75) is 34.2 Å². The molecule has 0 aliphatic rings. The molecule has 0 fully saturated rings. The number of nitrogens with zero attached hydrogens (tertiary/aromatic N) is 2. The molecule has 0 aliphatic heterocycles. The average Bonchev–Trinajstić information content (AvgIpc) is 2.22. The Bertz CT molecular complexity index is 507. The maximum Gasteiger partial charge on any atom is 0.271 e. The first-order valence-corrected chi connectivity index (χ1v) is 5.23. The van der Waals surface area contributed by atoms with Gasteiger partial charge in [0.1, 0.15) is 11.6 Å². The summed E-state index contributed by atoms with van der Waals surface area (Å²) in [5, 5.41) is 18.8. The van der Waals surface area contributed by atoms with Gasteiger partial charge in [0.25, 0.3) is 5.56 Å². The van der Waals surface area contributed by atoms with Crippen LogP contribution in [0.15, 0.2) is 4.79 Å². The predicted molar refractivity (Wildman–Crippen MR) is 61.4 cm³/mol. The number of hydrogen-bond donors (Lipinski definition) is 1. The summed E-state index contributed by atoms with van der Waals surface area (Å²) in [6.07, 6.45) is 0. The Balaban J connectivity index is 3.58. The molecular weight excluding hydrogens is 204 g/mol. The molecule has 0 unspecified atom stereocenters. The Kier molecular flexibility index (Phi) is 3.38. The first-order chi connectivity index (χ1) is 7.40. The largest absolute Gasteiger partial charge is 0.494 e. The van der Waals surface area contributed by atoms with Crippen molar-refractivity contribution >= 4 is 0 Å². The van der Waals surface area contributed by atoms with E-state index in [9.17, 15) is 9.90 Å². The van der Waals surface area contributed by atoms with E-state index in [2.05, 4.69) is 0 Å². The standard InChI is InChI=1S/C12H16N2O2/c1-7(2)6-14-11(15)9(4)8(3)10(5-13)12(14)16/h7,15H,6H2,1-4H3. The summed E-state index contributed by atoms with van der Waals surface area (Å²) in [5.41, 5.74) is 0.870. The van der Waals surface area contributed by atoms with Gasteiger partial charge in [-0.05, 0) is 25.3 Å². The molecule has 4 heteroatoms. The fourth-order valence-corrected chi connectivity index (χ4v) is 1.62. The highest BCUT2D eigenvalue weighted by atomic mass is 16.3. The zero-order chi connectivity index (χ0) is 12.5. The summed E-state index contributed by atoms with van der Waals surface area (Å²) in [6.45, 7) is 7.71. The summed E-state index contributed by atoms with van der Waals surface area (Å²) in [7, 11) is 0. The summed E-state index contributed by atoms with van der Waals surface area (Å²) in [4.78, 5) is 11.9. The van der Waals surface area contributed by atoms with Gasteiger partial charge in [0, 0.05) is 12.1 Å². The van der Waals surface area contributed by atoms with E-state index in [1.54, 1.807) is 13.8 Å². The minimum atomic E-state index is -0.406. The average molecular weight is 220 g/mol. The molecular formula is C12H16N2O2. The zero-order valence-electron chi connectivity index (χ0n) is 10.0. The van der Waals surface area contributed by atoms with Crippen molar-refractivity contribution in [1.29, 1.82) is 5.26 Å². The highest BCUT2D eigenvalue weighted by Crippen LogP contribution is 2.20. The van der Waals surface area contributed by atoms with Crippen LogP contribution in [0, 0.1) is 31.1 Å². The van der Waals surface area contributed by atoms with Gasteiger partial charge in [-0.15, -0.1) is 0 Å². The van der Waals surface area contributed by atoms with Gasteiger partial charge in [-0.2, -0.15) is 5.26 Å². The van der Waals surface area contributed by atoms with Gasteiger partial charge in [-0.3, -0.25) is 9.36 Å². The number of pyridine rings is 1. The van der Waals surface area contributed by atoms with Crippen molar-refractivity contribution in [2.24, 2.45) is 5.92 Å². The van der Waals surface area contributed by atoms with E-state index in [4.69, 9.17) is 5.26 Å². The number of rotatable bonds is 2. The molecule has 1 aromatic rings. The quantitative estimate of drug-likeness (QED) is 0.824. The molecule has 1 heterocycles. The third kappa shape index (κ3) is 1.94. The molecule has 0 bridgehead atoms. The lowest BCUT2D eigenvalue weighted by molar-refractivity contribution is 0.378. The molecule has 1 N–H and O–H groups in total. The lowest BCUT2D eigenvalue weighted by Crippen LogP contribution is -2.26. The van der Waals surface area contributed by atoms with E-state index >= 15 is 0 Å². The van der Waals surface area contributed by atoms with Gasteiger partial charge in [-0.25, -0.2) is 0 Å². The van der Waals surface area contributed by atoms with Crippen LogP contribution in [0.3, 0.4) is 0 Å². The molecule has 16 heavy (non-hydrogen) atoms. The molecule has 0 aliphatic carbocycles. The van der Waals surface area contributed by atoms with Crippen LogP contribution in [0.2, 0.25) is 0 Å².